The van der Waals surface area contributed by atoms with Gasteiger partial charge in [0, 0.05) is 5.69 Å². The number of primary amides is 1. The molecule has 7 heteroatoms. The van der Waals surface area contributed by atoms with Crippen LogP contribution in [-0.4, -0.2) is 29.0 Å². The molecule has 0 aliphatic carbocycles. The van der Waals surface area contributed by atoms with Crippen LogP contribution in [0.3, 0.4) is 0 Å². The number of carbonyl (C=O) groups excluding carboxylic acids is 3. The van der Waals surface area contributed by atoms with Crippen LogP contribution in [-0.2, 0) is 9.59 Å². The van der Waals surface area contributed by atoms with E-state index in [9.17, 15) is 14.4 Å². The van der Waals surface area contributed by atoms with Crippen LogP contribution in [0.25, 0.3) is 0 Å². The molecule has 3 rings (SSSR count). The van der Waals surface area contributed by atoms with Crippen molar-refractivity contribution >= 4 is 40.2 Å². The minimum Gasteiger partial charge on any atom is -0.368 e. The average Bonchev–Trinajstić information content (AvgIpc) is 2.87. The number of rotatable bonds is 5. The summed E-state index contributed by atoms with van der Waals surface area (Å²) in [6, 6.07) is 14.6. The number of aryl methyl sites for hydroxylation is 2. The van der Waals surface area contributed by atoms with Gasteiger partial charge in [-0.05, 0) is 54.9 Å². The predicted octanol–water partition coefficient (Wildman–Crippen LogP) is 2.82. The first-order chi connectivity index (χ1) is 12.4. The third-order valence-corrected chi connectivity index (χ3v) is 5.18. The van der Waals surface area contributed by atoms with Gasteiger partial charge in [-0.15, -0.1) is 0 Å². The van der Waals surface area contributed by atoms with Crippen LogP contribution in [0.4, 0.5) is 16.2 Å². The number of thioether (sulfide) groups is 1. The van der Waals surface area contributed by atoms with E-state index in [1.807, 2.05) is 44.2 Å². The number of para-hydroxylation sites is 1. The van der Waals surface area contributed by atoms with Gasteiger partial charge in [0.05, 0.1) is 12.2 Å². The van der Waals surface area contributed by atoms with Gasteiger partial charge < -0.3 is 10.6 Å². The molecule has 134 valence electrons. The van der Waals surface area contributed by atoms with Crippen LogP contribution in [0.15, 0.2) is 48.5 Å². The number of benzene rings is 2. The van der Waals surface area contributed by atoms with Crippen molar-refractivity contribution in [1.82, 2.24) is 0 Å². The van der Waals surface area contributed by atoms with Gasteiger partial charge in [0.1, 0.15) is 0 Å². The van der Waals surface area contributed by atoms with E-state index >= 15 is 0 Å². The third-order valence-electron chi connectivity index (χ3n) is 4.12. The molecule has 1 saturated heterocycles. The highest BCUT2D eigenvalue weighted by atomic mass is 32.2. The van der Waals surface area contributed by atoms with Crippen LogP contribution < -0.4 is 15.5 Å². The zero-order valence-electron chi connectivity index (χ0n) is 14.5. The molecule has 1 aliphatic heterocycles. The Morgan fingerprint density at radius 1 is 1.15 bits per heavy atom. The van der Waals surface area contributed by atoms with Crippen molar-refractivity contribution in [3.63, 3.8) is 0 Å². The number of hydrogen-bond donors (Lipinski definition) is 1. The average molecular weight is 369 g/mol. The molecule has 2 aromatic carbocycles. The molecule has 2 N–H and O–H groups in total. The summed E-state index contributed by atoms with van der Waals surface area (Å²) in [6.07, 6.45) is 0. The van der Waals surface area contributed by atoms with E-state index in [-0.39, 0.29) is 17.7 Å². The van der Waals surface area contributed by atoms with E-state index in [1.54, 1.807) is 23.1 Å². The summed E-state index contributed by atoms with van der Waals surface area (Å²) in [6.45, 7) is 3.63. The number of anilines is 2. The van der Waals surface area contributed by atoms with Gasteiger partial charge in [0.2, 0.25) is 5.91 Å². The second kappa shape index (κ2) is 7.21. The first kappa shape index (κ1) is 18.0. The lowest BCUT2D eigenvalue weighted by atomic mass is 10.1. The molecule has 1 fully saturated rings. The molecule has 1 atom stereocenters. The molecule has 2 aromatic rings. The summed E-state index contributed by atoms with van der Waals surface area (Å²) >= 11 is 0.892. The minimum absolute atomic E-state index is 0.150. The lowest BCUT2D eigenvalue weighted by Crippen LogP contribution is -2.45. The molecule has 0 radical (unpaired) electrons. The molecule has 6 nitrogen and oxygen atoms in total. The Hall–Kier alpha value is -2.80. The molecule has 0 aromatic heterocycles. The molecule has 1 heterocycles. The molecule has 1 aliphatic rings. The third kappa shape index (κ3) is 3.43. The van der Waals surface area contributed by atoms with E-state index in [0.29, 0.717) is 11.4 Å². The maximum Gasteiger partial charge on any atom is 0.295 e. The van der Waals surface area contributed by atoms with Crippen molar-refractivity contribution < 1.29 is 14.4 Å². The van der Waals surface area contributed by atoms with Gasteiger partial charge >= 0.3 is 0 Å². The Morgan fingerprint density at radius 2 is 1.88 bits per heavy atom. The topological polar surface area (TPSA) is 83.7 Å². The Morgan fingerprint density at radius 3 is 2.54 bits per heavy atom. The van der Waals surface area contributed by atoms with E-state index in [1.165, 1.54) is 0 Å². The van der Waals surface area contributed by atoms with Gasteiger partial charge in [0.15, 0.2) is 5.37 Å². The summed E-state index contributed by atoms with van der Waals surface area (Å²) in [5, 5.41) is -1.20. The molecule has 0 bridgehead atoms. The molecule has 3 amide bonds. The Kier molecular flexibility index (Phi) is 4.99. The van der Waals surface area contributed by atoms with Crippen molar-refractivity contribution in [3.05, 3.63) is 59.7 Å². The zero-order valence-corrected chi connectivity index (χ0v) is 15.3. The number of imide groups is 1. The highest BCUT2D eigenvalue weighted by molar-refractivity contribution is 8.16. The predicted molar refractivity (Wildman–Crippen MR) is 103 cm³/mol. The smallest absolute Gasteiger partial charge is 0.295 e. The molecular formula is C19H19N3O3S. The summed E-state index contributed by atoms with van der Waals surface area (Å²) in [5.74, 6) is -0.946. The van der Waals surface area contributed by atoms with Crippen LogP contribution in [0.1, 0.15) is 11.1 Å². The summed E-state index contributed by atoms with van der Waals surface area (Å²) in [4.78, 5) is 39.9. The Balaban J connectivity index is 1.98. The van der Waals surface area contributed by atoms with Crippen molar-refractivity contribution in [3.8, 4) is 0 Å². The van der Waals surface area contributed by atoms with Crippen LogP contribution >= 0.6 is 11.8 Å². The fourth-order valence-corrected chi connectivity index (χ4v) is 3.96. The van der Waals surface area contributed by atoms with Crippen molar-refractivity contribution in [2.24, 2.45) is 5.73 Å². The zero-order chi connectivity index (χ0) is 18.8. The summed E-state index contributed by atoms with van der Waals surface area (Å²) in [7, 11) is 0. The van der Waals surface area contributed by atoms with Gasteiger partial charge in [-0.25, -0.2) is 4.90 Å². The quantitative estimate of drug-likeness (QED) is 0.876. The number of hydrogen-bond acceptors (Lipinski definition) is 5. The second-order valence-electron chi connectivity index (χ2n) is 6.13. The number of carbonyl (C=O) groups is 3. The fourth-order valence-electron chi connectivity index (χ4n) is 2.94. The van der Waals surface area contributed by atoms with Gasteiger partial charge in [-0.1, -0.05) is 30.3 Å². The molecule has 0 saturated carbocycles. The van der Waals surface area contributed by atoms with Crippen molar-refractivity contribution in [2.45, 2.75) is 19.2 Å². The van der Waals surface area contributed by atoms with Crippen molar-refractivity contribution in [1.29, 1.82) is 0 Å². The standard InChI is InChI=1S/C19H19N3O3S/c1-12-6-5-8-14(10-12)22-17(24)18(26-19(22)25)21(11-16(20)23)15-9-4-3-7-13(15)2/h3-10,18H,11H2,1-2H3,(H2,20,23)/t18-/m1/s1. The molecule has 0 spiro atoms. The number of nitrogens with two attached hydrogens (primary N) is 1. The Bertz CT molecular complexity index is 884. The van der Waals surface area contributed by atoms with Gasteiger partial charge in [0.25, 0.3) is 11.1 Å². The highest BCUT2D eigenvalue weighted by Gasteiger charge is 2.44. The molecule has 26 heavy (non-hydrogen) atoms. The van der Waals surface area contributed by atoms with Crippen LogP contribution in [0.2, 0.25) is 0 Å². The highest BCUT2D eigenvalue weighted by Crippen LogP contribution is 2.36. The van der Waals surface area contributed by atoms with E-state index in [4.69, 9.17) is 5.73 Å². The van der Waals surface area contributed by atoms with Gasteiger partial charge in [-0.2, -0.15) is 0 Å². The SMILES string of the molecule is Cc1cccc(N2C(=O)S[C@@H](N(CC(N)=O)c3ccccc3C)C2=O)c1. The maximum absolute atomic E-state index is 13.0. The van der Waals surface area contributed by atoms with Crippen LogP contribution in [0.5, 0.6) is 0 Å². The van der Waals surface area contributed by atoms with E-state index in [0.717, 1.165) is 27.8 Å². The normalized spacial score (nSPS) is 16.8. The molecule has 0 unspecified atom stereocenters. The van der Waals surface area contributed by atoms with E-state index in [2.05, 4.69) is 0 Å². The molecular weight excluding hydrogens is 350 g/mol. The number of amides is 3. The summed E-state index contributed by atoms with van der Waals surface area (Å²) < 4.78 is 0. The maximum atomic E-state index is 13.0. The van der Waals surface area contributed by atoms with Gasteiger partial charge in [-0.3, -0.25) is 14.4 Å². The fraction of sp³-hybridized carbons (Fsp3) is 0.211. The first-order valence-corrected chi connectivity index (χ1v) is 8.98. The second-order valence-corrected chi connectivity index (χ2v) is 7.16. The number of nitrogens with zero attached hydrogens (tertiary/aromatic N) is 2. The van der Waals surface area contributed by atoms with Crippen LogP contribution in [0, 0.1) is 13.8 Å². The lowest BCUT2D eigenvalue weighted by molar-refractivity contribution is -0.117. The first-order valence-electron chi connectivity index (χ1n) is 8.10. The summed E-state index contributed by atoms with van der Waals surface area (Å²) in [5.41, 5.74) is 8.47. The monoisotopic (exact) mass is 369 g/mol. The van der Waals surface area contributed by atoms with E-state index < -0.39 is 11.3 Å². The lowest BCUT2D eigenvalue weighted by Gasteiger charge is -2.28. The Labute approximate surface area is 156 Å². The van der Waals surface area contributed by atoms with Crippen molar-refractivity contribution in [2.75, 3.05) is 16.3 Å². The largest absolute Gasteiger partial charge is 0.368 e. The minimum atomic E-state index is -0.836.